The molecule has 7 nitrogen and oxygen atoms in total. The van der Waals surface area contributed by atoms with Crippen LogP contribution < -0.4 is 39.2 Å². The second-order valence-electron chi connectivity index (χ2n) is 6.30. The van der Waals surface area contributed by atoms with Crippen molar-refractivity contribution in [1.29, 1.82) is 0 Å². The first-order valence-corrected chi connectivity index (χ1v) is 7.92. The number of nitrogens with two attached hydrogens (primary N) is 3. The fourth-order valence-corrected chi connectivity index (χ4v) is 2.81. The number of guanidine groups is 2. The Balaban J connectivity index is 0.00000243. The highest BCUT2D eigenvalue weighted by atomic mass is 35.5. The van der Waals surface area contributed by atoms with E-state index in [0.29, 0.717) is 24.0 Å². The number of aliphatic imine (C=N–C) groups is 2. The van der Waals surface area contributed by atoms with Gasteiger partial charge in [0, 0.05) is 17.4 Å². The monoisotopic (exact) mass is 373 g/mol. The maximum Gasteiger partial charge on any atom is 0.220 e. The summed E-state index contributed by atoms with van der Waals surface area (Å²) in [5, 5.41) is 0. The molecule has 0 unspecified atom stereocenters. The number of rotatable bonds is 4. The fourth-order valence-electron chi connectivity index (χ4n) is 2.81. The number of hydrogen-bond donors (Lipinski definition) is 3. The van der Waals surface area contributed by atoms with Gasteiger partial charge in [-0.1, -0.05) is 18.2 Å². The first-order valence-electron chi connectivity index (χ1n) is 7.92. The molecule has 26 heavy (non-hydrogen) atoms. The fraction of sp³-hybridized carbons (Fsp3) is 0.222. The van der Waals surface area contributed by atoms with Crippen molar-refractivity contribution in [2.24, 2.45) is 21.5 Å². The van der Waals surface area contributed by atoms with Crippen molar-refractivity contribution in [3.05, 3.63) is 54.1 Å². The minimum Gasteiger partial charge on any atom is -1.00 e. The van der Waals surface area contributed by atoms with Crippen molar-refractivity contribution < 1.29 is 17.1 Å². The molecule has 2 aromatic rings. The highest BCUT2D eigenvalue weighted by molar-refractivity contribution is 6.05. The minimum absolute atomic E-state index is 0. The van der Waals surface area contributed by atoms with Gasteiger partial charge in [0.05, 0.1) is 0 Å². The van der Waals surface area contributed by atoms with E-state index < -0.39 is 5.66 Å². The normalized spacial score (nSPS) is 15.5. The predicted octanol–water partition coefficient (Wildman–Crippen LogP) is -0.963. The number of halogens is 1. The second kappa shape index (κ2) is 7.53. The molecule has 1 aliphatic heterocycles. The average Bonchev–Trinajstić information content (AvgIpc) is 2.51. The van der Waals surface area contributed by atoms with Gasteiger partial charge >= 0.3 is 0 Å². The lowest BCUT2D eigenvalue weighted by Crippen LogP contribution is -3.00. The third-order valence-electron chi connectivity index (χ3n) is 3.83. The highest BCUT2D eigenvalue weighted by Crippen LogP contribution is 2.30. The summed E-state index contributed by atoms with van der Waals surface area (Å²) in [4.78, 5) is 10.2. The first kappa shape index (κ1) is 19.4. The number of hydrogen-bond acceptors (Lipinski definition) is 7. The van der Waals surface area contributed by atoms with Gasteiger partial charge in [-0.3, -0.25) is 4.90 Å². The maximum absolute atomic E-state index is 6.07. The van der Waals surface area contributed by atoms with E-state index in [1.807, 2.05) is 67.3 Å². The van der Waals surface area contributed by atoms with Crippen LogP contribution in [0.15, 0.2) is 58.5 Å². The van der Waals surface area contributed by atoms with Gasteiger partial charge in [-0.15, -0.1) is 0 Å². The highest BCUT2D eigenvalue weighted by Gasteiger charge is 2.33. The molecule has 8 heteroatoms. The van der Waals surface area contributed by atoms with Crippen molar-refractivity contribution in [3.63, 3.8) is 0 Å². The van der Waals surface area contributed by atoms with Crippen LogP contribution in [-0.2, 0) is 6.61 Å². The zero-order valence-electron chi connectivity index (χ0n) is 14.7. The third kappa shape index (κ3) is 4.18. The Hall–Kier alpha value is -2.93. The molecule has 0 aromatic heterocycles. The van der Waals surface area contributed by atoms with E-state index in [2.05, 4.69) is 9.98 Å². The summed E-state index contributed by atoms with van der Waals surface area (Å²) in [6.45, 7) is 4.26. The second-order valence-corrected chi connectivity index (χ2v) is 6.30. The molecule has 0 fully saturated rings. The lowest BCUT2D eigenvalue weighted by Gasteiger charge is -2.38. The molecule has 0 spiro atoms. The molecule has 2 aromatic carbocycles. The van der Waals surface area contributed by atoms with Gasteiger partial charge in [-0.2, -0.15) is 4.99 Å². The summed E-state index contributed by atoms with van der Waals surface area (Å²) in [5.74, 6) is 1.18. The Kier molecular flexibility index (Phi) is 5.62. The van der Waals surface area contributed by atoms with E-state index >= 15 is 0 Å². The van der Waals surface area contributed by atoms with Gasteiger partial charge in [-0.25, -0.2) is 4.99 Å². The molecule has 0 amide bonds. The van der Waals surface area contributed by atoms with E-state index in [9.17, 15) is 0 Å². The number of nitrogen functional groups attached to an aromatic ring is 1. The van der Waals surface area contributed by atoms with Crippen LogP contribution in [0.3, 0.4) is 0 Å². The minimum atomic E-state index is -0.636. The molecule has 3 rings (SSSR count). The van der Waals surface area contributed by atoms with Crippen LogP contribution >= 0.6 is 0 Å². The topological polar surface area (TPSA) is 115 Å². The summed E-state index contributed by atoms with van der Waals surface area (Å²) in [7, 11) is 0. The molecule has 1 aliphatic rings. The Labute approximate surface area is 159 Å². The van der Waals surface area contributed by atoms with Gasteiger partial charge in [0.15, 0.2) is 0 Å². The lowest BCUT2D eigenvalue weighted by molar-refractivity contribution is -0.00000647. The molecule has 0 aliphatic carbocycles. The van der Waals surface area contributed by atoms with Crippen LogP contribution in [0.2, 0.25) is 0 Å². The van der Waals surface area contributed by atoms with Crippen LogP contribution in [-0.4, -0.2) is 17.6 Å². The van der Waals surface area contributed by atoms with E-state index in [1.165, 1.54) is 0 Å². The zero-order valence-corrected chi connectivity index (χ0v) is 15.4. The quantitative estimate of drug-likeness (QED) is 0.597. The van der Waals surface area contributed by atoms with Crippen molar-refractivity contribution in [2.75, 3.05) is 10.6 Å². The van der Waals surface area contributed by atoms with Gasteiger partial charge in [0.25, 0.3) is 0 Å². The van der Waals surface area contributed by atoms with Gasteiger partial charge < -0.3 is 34.3 Å². The number of benzene rings is 2. The lowest BCUT2D eigenvalue weighted by atomic mass is 10.1. The maximum atomic E-state index is 6.07. The molecule has 138 valence electrons. The zero-order chi connectivity index (χ0) is 18.0. The van der Waals surface area contributed by atoms with Gasteiger partial charge in [-0.05, 0) is 43.7 Å². The van der Waals surface area contributed by atoms with Crippen molar-refractivity contribution in [1.82, 2.24) is 0 Å². The van der Waals surface area contributed by atoms with Gasteiger partial charge in [0.1, 0.15) is 18.0 Å². The summed E-state index contributed by atoms with van der Waals surface area (Å²) in [6, 6.07) is 15.2. The van der Waals surface area contributed by atoms with E-state index in [4.69, 9.17) is 21.9 Å². The predicted molar refractivity (Wildman–Crippen MR) is 101 cm³/mol. The van der Waals surface area contributed by atoms with Crippen molar-refractivity contribution >= 4 is 23.3 Å². The largest absolute Gasteiger partial charge is 1.00 e. The van der Waals surface area contributed by atoms with Crippen LogP contribution in [0.4, 0.5) is 11.4 Å². The number of nitrogens with zero attached hydrogens (tertiary/aromatic N) is 3. The molecule has 0 bridgehead atoms. The van der Waals surface area contributed by atoms with E-state index in [0.717, 1.165) is 11.3 Å². The van der Waals surface area contributed by atoms with Crippen molar-refractivity contribution in [2.45, 2.75) is 26.1 Å². The molecular weight excluding hydrogens is 352 g/mol. The third-order valence-corrected chi connectivity index (χ3v) is 3.83. The van der Waals surface area contributed by atoms with Crippen LogP contribution in [0.1, 0.15) is 19.4 Å². The van der Waals surface area contributed by atoms with E-state index in [-0.39, 0.29) is 18.4 Å². The van der Waals surface area contributed by atoms with Crippen LogP contribution in [0.5, 0.6) is 5.75 Å². The summed E-state index contributed by atoms with van der Waals surface area (Å²) in [6.07, 6.45) is 0. The first-order chi connectivity index (χ1) is 11.8. The Morgan fingerprint density at radius 3 is 2.46 bits per heavy atom. The summed E-state index contributed by atoms with van der Waals surface area (Å²) < 4.78 is 5.88. The average molecular weight is 374 g/mol. The molecule has 6 N–H and O–H groups in total. The smallest absolute Gasteiger partial charge is 0.220 e. The molecule has 1 heterocycles. The summed E-state index contributed by atoms with van der Waals surface area (Å²) >= 11 is 0. The van der Waals surface area contributed by atoms with Crippen LogP contribution in [0, 0.1) is 0 Å². The molecule has 0 saturated carbocycles. The van der Waals surface area contributed by atoms with E-state index in [1.54, 1.807) is 0 Å². The molecule has 0 radical (unpaired) electrons. The number of ether oxygens (including phenoxy) is 1. The Morgan fingerprint density at radius 2 is 1.77 bits per heavy atom. The number of anilines is 2. The molecule has 0 atom stereocenters. The van der Waals surface area contributed by atoms with Crippen LogP contribution in [0.25, 0.3) is 0 Å². The Bertz CT molecular complexity index is 849. The molecular formula is C18H22ClN6O-. The van der Waals surface area contributed by atoms with Gasteiger partial charge in [0.2, 0.25) is 11.9 Å². The Morgan fingerprint density at radius 1 is 1.04 bits per heavy atom. The standard InChI is InChI=1S/C18H22N6O.ClH/c1-18(2)23-16(20)22-17(21)24(18)14-7-4-8-15(10-14)25-11-12-5-3-6-13(19)9-12;/h3-10H,11,19H2,1-2H3,(H4,20,21,22,23);1H/p-1. The molecule has 0 saturated heterocycles. The summed E-state index contributed by atoms with van der Waals surface area (Å²) in [5.41, 5.74) is 19.5. The van der Waals surface area contributed by atoms with Crippen molar-refractivity contribution in [3.8, 4) is 5.75 Å². The SMILES string of the molecule is CC1(C)N=C(N)N=C(N)N1c1cccc(OCc2cccc(N)c2)c1.[Cl-].